The minimum atomic E-state index is -0.470. The third-order valence-electron chi connectivity index (χ3n) is 13.6. The first-order chi connectivity index (χ1) is 31.3. The molecule has 294 valence electrons. The second-order valence-corrected chi connectivity index (χ2v) is 16.8. The van der Waals surface area contributed by atoms with E-state index in [4.69, 9.17) is 0 Å². The van der Waals surface area contributed by atoms with E-state index in [1.165, 1.54) is 83.1 Å². The van der Waals surface area contributed by atoms with E-state index in [2.05, 4.69) is 252 Å². The molecule has 1 heterocycles. The molecule has 0 saturated heterocycles. The Morgan fingerprint density at radius 3 is 1.52 bits per heavy atom. The first-order valence-electron chi connectivity index (χ1n) is 21.9. The minimum absolute atomic E-state index is 0.470. The molecular formula is C61H40N2. The lowest BCUT2D eigenvalue weighted by atomic mass is 9.70. The van der Waals surface area contributed by atoms with Crippen LogP contribution in [0.3, 0.4) is 0 Å². The Kier molecular flexibility index (Phi) is 7.85. The minimum Gasteiger partial charge on any atom is -0.308 e. The lowest BCUT2D eigenvalue weighted by Crippen LogP contribution is -2.26. The summed E-state index contributed by atoms with van der Waals surface area (Å²) in [4.78, 5) is 2.51. The average Bonchev–Trinajstić information content (AvgIpc) is 3.97. The van der Waals surface area contributed by atoms with Crippen molar-refractivity contribution in [2.75, 3.05) is 4.90 Å². The molecule has 0 aliphatic heterocycles. The Morgan fingerprint density at radius 2 is 0.825 bits per heavy atom. The molecule has 0 radical (unpaired) electrons. The molecule has 2 aliphatic carbocycles. The molecule has 0 bridgehead atoms. The van der Waals surface area contributed by atoms with Crippen molar-refractivity contribution >= 4 is 38.9 Å². The van der Waals surface area contributed by atoms with Crippen LogP contribution in [-0.4, -0.2) is 4.57 Å². The van der Waals surface area contributed by atoms with Crippen molar-refractivity contribution in [2.45, 2.75) is 5.41 Å². The monoisotopic (exact) mass is 800 g/mol. The number of hydrogen-bond donors (Lipinski definition) is 0. The fourth-order valence-electron chi connectivity index (χ4n) is 11.1. The van der Waals surface area contributed by atoms with E-state index in [0.29, 0.717) is 0 Å². The first kappa shape index (κ1) is 35.5. The number of nitrogens with zero attached hydrogens (tertiary/aromatic N) is 2. The van der Waals surface area contributed by atoms with E-state index in [1.807, 2.05) is 0 Å². The molecule has 11 aromatic rings. The summed E-state index contributed by atoms with van der Waals surface area (Å²) < 4.78 is 2.50. The molecule has 0 amide bonds. The van der Waals surface area contributed by atoms with E-state index in [9.17, 15) is 0 Å². The Balaban J connectivity index is 1.13. The fraction of sp³-hybridized carbons (Fsp3) is 0.0164. The van der Waals surface area contributed by atoms with Crippen molar-refractivity contribution in [3.05, 3.63) is 265 Å². The van der Waals surface area contributed by atoms with Crippen LogP contribution in [0.15, 0.2) is 243 Å². The lowest BCUT2D eigenvalue weighted by molar-refractivity contribution is 0.793. The number of rotatable bonds is 6. The van der Waals surface area contributed by atoms with Crippen molar-refractivity contribution in [2.24, 2.45) is 0 Å². The van der Waals surface area contributed by atoms with E-state index in [0.717, 1.165) is 28.3 Å². The molecule has 63 heavy (non-hydrogen) atoms. The summed E-state index contributed by atoms with van der Waals surface area (Å²) in [5, 5.41) is 2.43. The molecule has 2 heteroatoms. The zero-order valence-corrected chi connectivity index (χ0v) is 34.5. The van der Waals surface area contributed by atoms with E-state index < -0.39 is 5.41 Å². The maximum absolute atomic E-state index is 2.51. The van der Waals surface area contributed by atoms with Gasteiger partial charge in [0.25, 0.3) is 0 Å². The largest absolute Gasteiger partial charge is 0.308 e. The van der Waals surface area contributed by atoms with Crippen LogP contribution < -0.4 is 4.90 Å². The standard InChI is InChI=1S/C61H40N2/c1-3-19-41(20-4-1)43-23-17-24-44(39-43)62(59-36-18-30-52-51-29-11-16-35-58(51)63(60(52)59)57-34-15-10-25-46(57)42-21-5-2-6-22-42)45-37-38-50-49-28-9-14-33-55(49)61(56(50)40-45)53-31-12-7-26-47(53)48-27-8-13-32-54(48)61/h1-40H. The van der Waals surface area contributed by atoms with Gasteiger partial charge in [-0.1, -0.05) is 200 Å². The zero-order chi connectivity index (χ0) is 41.5. The number of benzene rings is 10. The molecule has 0 fully saturated rings. The van der Waals surface area contributed by atoms with Crippen molar-refractivity contribution in [1.82, 2.24) is 4.57 Å². The van der Waals surface area contributed by atoms with Crippen LogP contribution in [0, 0.1) is 0 Å². The van der Waals surface area contributed by atoms with E-state index in [1.54, 1.807) is 0 Å². The SMILES string of the molecule is c1ccc(-c2cccc(N(c3ccc4c(c3)C3(c5ccccc5-c5ccccc53)c3ccccc3-4)c3cccc4c5ccccc5n(-c5ccccc5-c5ccccc5)c34)c2)cc1. The van der Waals surface area contributed by atoms with Gasteiger partial charge in [0.2, 0.25) is 0 Å². The van der Waals surface area contributed by atoms with Gasteiger partial charge in [-0.05, 0) is 104 Å². The maximum Gasteiger partial charge on any atom is 0.0782 e. The van der Waals surface area contributed by atoms with E-state index in [-0.39, 0.29) is 0 Å². The second-order valence-electron chi connectivity index (χ2n) is 16.8. The number of anilines is 3. The number of para-hydroxylation sites is 3. The molecule has 0 atom stereocenters. The van der Waals surface area contributed by atoms with Crippen LogP contribution in [0.1, 0.15) is 22.3 Å². The predicted octanol–water partition coefficient (Wildman–Crippen LogP) is 15.9. The van der Waals surface area contributed by atoms with Crippen molar-refractivity contribution in [1.29, 1.82) is 0 Å². The molecule has 0 N–H and O–H groups in total. The molecule has 2 nitrogen and oxygen atoms in total. The highest BCUT2D eigenvalue weighted by atomic mass is 15.2. The lowest BCUT2D eigenvalue weighted by Gasteiger charge is -2.32. The van der Waals surface area contributed by atoms with Crippen LogP contribution in [0.25, 0.3) is 72.0 Å². The van der Waals surface area contributed by atoms with Gasteiger partial charge in [-0.2, -0.15) is 0 Å². The maximum atomic E-state index is 2.51. The topological polar surface area (TPSA) is 8.17 Å². The summed E-state index contributed by atoms with van der Waals surface area (Å²) in [7, 11) is 0. The quantitative estimate of drug-likeness (QED) is 0.163. The number of hydrogen-bond acceptors (Lipinski definition) is 1. The molecule has 10 aromatic carbocycles. The van der Waals surface area contributed by atoms with Gasteiger partial charge in [0.15, 0.2) is 0 Å². The molecule has 1 aromatic heterocycles. The summed E-state index contributed by atoms with van der Waals surface area (Å²) in [5.41, 5.74) is 21.5. The smallest absolute Gasteiger partial charge is 0.0782 e. The van der Waals surface area contributed by atoms with Crippen molar-refractivity contribution in [3.63, 3.8) is 0 Å². The zero-order valence-electron chi connectivity index (χ0n) is 34.5. The summed E-state index contributed by atoms with van der Waals surface area (Å²) in [6.45, 7) is 0. The Bertz CT molecular complexity index is 3520. The highest BCUT2D eigenvalue weighted by molar-refractivity contribution is 6.15. The van der Waals surface area contributed by atoms with Gasteiger partial charge in [0.1, 0.15) is 0 Å². The molecule has 0 unspecified atom stereocenters. The number of aromatic nitrogens is 1. The van der Waals surface area contributed by atoms with Gasteiger partial charge in [-0.25, -0.2) is 0 Å². The van der Waals surface area contributed by atoms with E-state index >= 15 is 0 Å². The first-order valence-corrected chi connectivity index (χ1v) is 21.9. The van der Waals surface area contributed by atoms with Gasteiger partial charge in [-0.15, -0.1) is 0 Å². The normalized spacial score (nSPS) is 12.9. The molecule has 13 rings (SSSR count). The summed E-state index contributed by atoms with van der Waals surface area (Å²) >= 11 is 0. The number of fused-ring (bicyclic) bond motifs is 13. The Labute approximate surface area is 367 Å². The summed E-state index contributed by atoms with van der Waals surface area (Å²) in [5.74, 6) is 0. The van der Waals surface area contributed by atoms with Crippen LogP contribution in [0.2, 0.25) is 0 Å². The molecule has 2 aliphatic rings. The van der Waals surface area contributed by atoms with Gasteiger partial charge < -0.3 is 9.47 Å². The third kappa shape index (κ3) is 5.13. The molecule has 1 spiro atoms. The second kappa shape index (κ2) is 13.9. The van der Waals surface area contributed by atoms with Crippen molar-refractivity contribution < 1.29 is 0 Å². The summed E-state index contributed by atoms with van der Waals surface area (Å²) in [6, 6.07) is 89.6. The van der Waals surface area contributed by atoms with Gasteiger partial charge in [-0.3, -0.25) is 0 Å². The van der Waals surface area contributed by atoms with Gasteiger partial charge in [0.05, 0.1) is 27.8 Å². The van der Waals surface area contributed by atoms with Crippen LogP contribution in [-0.2, 0) is 5.41 Å². The van der Waals surface area contributed by atoms with Gasteiger partial charge in [0, 0.05) is 27.7 Å². The highest BCUT2D eigenvalue weighted by Crippen LogP contribution is 2.63. The highest BCUT2D eigenvalue weighted by Gasteiger charge is 2.51. The average molecular weight is 801 g/mol. The fourth-order valence-corrected chi connectivity index (χ4v) is 11.1. The van der Waals surface area contributed by atoms with Crippen LogP contribution >= 0.6 is 0 Å². The molecular weight excluding hydrogens is 761 g/mol. The summed E-state index contributed by atoms with van der Waals surface area (Å²) in [6.07, 6.45) is 0. The van der Waals surface area contributed by atoms with Crippen LogP contribution in [0.5, 0.6) is 0 Å². The van der Waals surface area contributed by atoms with Crippen LogP contribution in [0.4, 0.5) is 17.1 Å². The van der Waals surface area contributed by atoms with Crippen molar-refractivity contribution in [3.8, 4) is 50.2 Å². The Hall–Kier alpha value is -8.20. The van der Waals surface area contributed by atoms with Gasteiger partial charge >= 0.3 is 0 Å². The third-order valence-corrected chi connectivity index (χ3v) is 13.6. The molecule has 0 saturated carbocycles. The predicted molar refractivity (Wildman–Crippen MR) is 263 cm³/mol. The Morgan fingerprint density at radius 1 is 0.317 bits per heavy atom.